The van der Waals surface area contributed by atoms with Gasteiger partial charge in [0.15, 0.2) is 0 Å². The van der Waals surface area contributed by atoms with Gasteiger partial charge in [-0.15, -0.1) is 0 Å². The topological polar surface area (TPSA) is 58.0 Å². The molecule has 0 aromatic carbocycles. The van der Waals surface area contributed by atoms with Gasteiger partial charge in [-0.3, -0.25) is 0 Å². The van der Waals surface area contributed by atoms with Gasteiger partial charge in [0.1, 0.15) is 5.76 Å². The fourth-order valence-corrected chi connectivity index (χ4v) is 2.58. The molecule has 2 aliphatic carbocycles. The second-order valence-corrected chi connectivity index (χ2v) is 4.51. The van der Waals surface area contributed by atoms with Crippen molar-refractivity contribution >= 4 is 0 Å². The molecule has 4 heteroatoms. The fourth-order valence-electron chi connectivity index (χ4n) is 2.58. The Hall–Kier alpha value is -1.67. The number of nitrogens with zero attached hydrogens (tertiary/aromatic N) is 3. The lowest BCUT2D eigenvalue weighted by Gasteiger charge is -2.22. The largest absolute Gasteiger partial charge is 0.497 e. The van der Waals surface area contributed by atoms with Crippen molar-refractivity contribution in [2.45, 2.75) is 32.2 Å². The molecular weight excluding hydrogens is 214 g/mol. The molecule has 2 atom stereocenters. The lowest BCUT2D eigenvalue weighted by molar-refractivity contribution is 0.289. The number of hydrogen-bond acceptors (Lipinski definition) is 2. The third-order valence-corrected chi connectivity index (χ3v) is 3.32. The summed E-state index contributed by atoms with van der Waals surface area (Å²) in [5, 5.41) is 3.74. The second kappa shape index (κ2) is 5.11. The molecule has 0 heterocycles. The van der Waals surface area contributed by atoms with Crippen molar-refractivity contribution in [1.82, 2.24) is 0 Å². The lowest BCUT2D eigenvalue weighted by Crippen LogP contribution is -2.12. The summed E-state index contributed by atoms with van der Waals surface area (Å²) in [6.45, 7) is 1.95. The van der Waals surface area contributed by atoms with Gasteiger partial charge in [-0.25, -0.2) is 0 Å². The number of methoxy groups -OCH3 is 1. The molecule has 0 fully saturated rings. The number of ether oxygens (including phenoxy) is 1. The third kappa shape index (κ3) is 2.37. The number of allylic oxidation sites excluding steroid dienone is 5. The van der Waals surface area contributed by atoms with Gasteiger partial charge in [-0.2, -0.15) is 0 Å². The Labute approximate surface area is 101 Å². The van der Waals surface area contributed by atoms with Crippen molar-refractivity contribution in [2.75, 3.05) is 7.11 Å². The highest BCUT2D eigenvalue weighted by molar-refractivity contribution is 5.48. The number of rotatable bonds is 4. The van der Waals surface area contributed by atoms with Crippen LogP contribution in [0, 0.1) is 5.92 Å². The summed E-state index contributed by atoms with van der Waals surface area (Å²) < 4.78 is 5.44. The first-order chi connectivity index (χ1) is 8.26. The van der Waals surface area contributed by atoms with E-state index in [1.807, 2.05) is 6.92 Å². The maximum atomic E-state index is 8.43. The molecule has 0 N–H and O–H groups in total. The highest BCUT2D eigenvalue weighted by atomic mass is 16.5. The molecule has 0 aromatic heterocycles. The Morgan fingerprint density at radius 3 is 3.18 bits per heavy atom. The summed E-state index contributed by atoms with van der Waals surface area (Å²) >= 11 is 0. The standard InChI is InChI=1S/C13H17N3O/c1-9(15-16-14)8-11-7-6-10-4-3-5-12(17-2)13(10)11/h5-7,9,11H,3-4,8H2,1-2H3/t9-,11?/m0/s1. The van der Waals surface area contributed by atoms with E-state index >= 15 is 0 Å². The van der Waals surface area contributed by atoms with Crippen LogP contribution in [0.2, 0.25) is 0 Å². The molecule has 2 rings (SSSR count). The molecule has 90 valence electrons. The minimum absolute atomic E-state index is 0.0153. The van der Waals surface area contributed by atoms with E-state index in [2.05, 4.69) is 28.3 Å². The van der Waals surface area contributed by atoms with Crippen molar-refractivity contribution in [1.29, 1.82) is 0 Å². The monoisotopic (exact) mass is 231 g/mol. The van der Waals surface area contributed by atoms with E-state index in [0.717, 1.165) is 25.0 Å². The van der Waals surface area contributed by atoms with Crippen molar-refractivity contribution in [3.63, 3.8) is 0 Å². The van der Waals surface area contributed by atoms with Crippen molar-refractivity contribution in [3.8, 4) is 0 Å². The van der Waals surface area contributed by atoms with Crippen LogP contribution in [0.5, 0.6) is 0 Å². The third-order valence-electron chi connectivity index (χ3n) is 3.32. The molecule has 17 heavy (non-hydrogen) atoms. The Kier molecular flexibility index (Phi) is 3.55. The molecule has 0 aliphatic heterocycles. The Bertz CT molecular complexity index is 442. The van der Waals surface area contributed by atoms with Gasteiger partial charge in [0.05, 0.1) is 7.11 Å². The maximum absolute atomic E-state index is 8.43. The maximum Gasteiger partial charge on any atom is 0.118 e. The van der Waals surface area contributed by atoms with E-state index in [9.17, 15) is 0 Å². The summed E-state index contributed by atoms with van der Waals surface area (Å²) in [5.41, 5.74) is 11.1. The molecule has 4 nitrogen and oxygen atoms in total. The number of azide groups is 1. The zero-order valence-corrected chi connectivity index (χ0v) is 10.3. The normalized spacial score (nSPS) is 23.9. The summed E-state index contributed by atoms with van der Waals surface area (Å²) in [7, 11) is 1.72. The van der Waals surface area contributed by atoms with E-state index in [-0.39, 0.29) is 6.04 Å². The summed E-state index contributed by atoms with van der Waals surface area (Å²) in [6, 6.07) is 0.0153. The molecule has 1 unspecified atom stereocenters. The van der Waals surface area contributed by atoms with Gasteiger partial charge >= 0.3 is 0 Å². The summed E-state index contributed by atoms with van der Waals surface area (Å²) in [4.78, 5) is 2.86. The average molecular weight is 231 g/mol. The minimum atomic E-state index is 0.0153. The second-order valence-electron chi connectivity index (χ2n) is 4.51. The molecule has 0 bridgehead atoms. The highest BCUT2D eigenvalue weighted by Gasteiger charge is 2.27. The predicted molar refractivity (Wildman–Crippen MR) is 67.2 cm³/mol. The Balaban J connectivity index is 2.16. The summed E-state index contributed by atoms with van der Waals surface area (Å²) in [5.74, 6) is 1.33. The SMILES string of the molecule is COC1=CCCC2=C1C(C[C@H](C)N=[N+]=[N-])C=C2. The predicted octanol–water partition coefficient (Wildman–Crippen LogP) is 3.88. The minimum Gasteiger partial charge on any atom is -0.497 e. The van der Waals surface area contributed by atoms with Crippen LogP contribution in [-0.4, -0.2) is 13.2 Å². The lowest BCUT2D eigenvalue weighted by atomic mass is 9.89. The average Bonchev–Trinajstić information content (AvgIpc) is 2.73. The van der Waals surface area contributed by atoms with Crippen LogP contribution >= 0.6 is 0 Å². The number of hydrogen-bond donors (Lipinski definition) is 0. The van der Waals surface area contributed by atoms with Crippen LogP contribution in [0.15, 0.2) is 40.2 Å². The van der Waals surface area contributed by atoms with Crippen molar-refractivity contribution in [2.24, 2.45) is 11.0 Å². The smallest absolute Gasteiger partial charge is 0.118 e. The fraction of sp³-hybridized carbons (Fsp3) is 0.538. The van der Waals surface area contributed by atoms with Gasteiger partial charge in [-0.1, -0.05) is 24.2 Å². The van der Waals surface area contributed by atoms with Gasteiger partial charge < -0.3 is 4.74 Å². The van der Waals surface area contributed by atoms with Gasteiger partial charge in [0.2, 0.25) is 0 Å². The van der Waals surface area contributed by atoms with Crippen LogP contribution in [-0.2, 0) is 4.74 Å². The highest BCUT2D eigenvalue weighted by Crippen LogP contribution is 2.39. The van der Waals surface area contributed by atoms with Crippen LogP contribution in [0.25, 0.3) is 10.4 Å². The van der Waals surface area contributed by atoms with E-state index in [1.165, 1.54) is 11.1 Å². The van der Waals surface area contributed by atoms with Gasteiger partial charge in [0, 0.05) is 22.4 Å². The molecule has 2 aliphatic rings. The molecule has 0 spiro atoms. The zero-order valence-electron chi connectivity index (χ0n) is 10.3. The van der Waals surface area contributed by atoms with Crippen molar-refractivity contribution in [3.05, 3.63) is 45.6 Å². The summed E-state index contributed by atoms with van der Waals surface area (Å²) in [6.07, 6.45) is 9.52. The first-order valence-electron chi connectivity index (χ1n) is 5.96. The molecule has 0 saturated carbocycles. The molecule has 0 saturated heterocycles. The van der Waals surface area contributed by atoms with Crippen LogP contribution in [0.4, 0.5) is 0 Å². The van der Waals surface area contributed by atoms with Gasteiger partial charge in [-0.05, 0) is 36.4 Å². The Morgan fingerprint density at radius 1 is 1.65 bits per heavy atom. The zero-order chi connectivity index (χ0) is 12.3. The van der Waals surface area contributed by atoms with E-state index in [1.54, 1.807) is 7.11 Å². The van der Waals surface area contributed by atoms with Crippen LogP contribution in [0.3, 0.4) is 0 Å². The first-order valence-corrected chi connectivity index (χ1v) is 5.96. The molecule has 0 amide bonds. The Morgan fingerprint density at radius 2 is 2.47 bits per heavy atom. The van der Waals surface area contributed by atoms with Crippen molar-refractivity contribution < 1.29 is 4.74 Å². The van der Waals surface area contributed by atoms with E-state index in [0.29, 0.717) is 5.92 Å². The van der Waals surface area contributed by atoms with Crippen LogP contribution < -0.4 is 0 Å². The molecule has 0 aromatic rings. The van der Waals surface area contributed by atoms with E-state index < -0.39 is 0 Å². The van der Waals surface area contributed by atoms with Gasteiger partial charge in [0.25, 0.3) is 0 Å². The van der Waals surface area contributed by atoms with E-state index in [4.69, 9.17) is 10.3 Å². The van der Waals surface area contributed by atoms with Crippen LogP contribution in [0.1, 0.15) is 26.2 Å². The molecule has 0 radical (unpaired) electrons. The first kappa shape index (κ1) is 11.8. The molecular formula is C13H17N3O. The quantitative estimate of drug-likeness (QED) is 0.411.